The Labute approximate surface area is 98.5 Å². The van der Waals surface area contributed by atoms with E-state index in [1.165, 1.54) is 0 Å². The number of carboxylic acid groups (broad SMARTS) is 1. The summed E-state index contributed by atoms with van der Waals surface area (Å²) in [5.74, 6) is -16.4. The van der Waals surface area contributed by atoms with E-state index in [-0.39, 0.29) is 6.92 Å². The second-order valence-corrected chi connectivity index (χ2v) is 3.26. The molecule has 1 N–H and O–H groups in total. The predicted molar refractivity (Wildman–Crippen MR) is 39.1 cm³/mol. The first kappa shape index (κ1) is 17.8. The molecule has 0 saturated heterocycles. The van der Waals surface area contributed by atoms with Gasteiger partial charge >= 0.3 is 30.1 Å². The zero-order valence-corrected chi connectivity index (χ0v) is 8.74. The monoisotopic (exact) mass is 308 g/mol. The quantitative estimate of drug-likeness (QED) is 0.794. The molecule has 1 atom stereocenters. The van der Waals surface area contributed by atoms with Crippen molar-refractivity contribution in [2.24, 2.45) is 0 Å². The van der Waals surface area contributed by atoms with Gasteiger partial charge in [-0.25, -0.2) is 4.79 Å². The molecule has 0 bridgehead atoms. The first-order chi connectivity index (χ1) is 8.08. The predicted octanol–water partition coefficient (Wildman–Crippen LogP) is 2.90. The van der Waals surface area contributed by atoms with Crippen LogP contribution in [0.5, 0.6) is 0 Å². The Morgan fingerprint density at radius 1 is 0.947 bits per heavy atom. The highest BCUT2D eigenvalue weighted by Gasteiger charge is 2.83. The number of rotatable bonds is 5. The molecule has 0 aliphatic carbocycles. The van der Waals surface area contributed by atoms with Gasteiger partial charge in [-0.15, -0.1) is 0 Å². The summed E-state index contributed by atoms with van der Waals surface area (Å²) in [5.41, 5.74) is 0. The molecular formula is C7H5F9O3. The van der Waals surface area contributed by atoms with Crippen LogP contribution >= 0.6 is 0 Å². The van der Waals surface area contributed by atoms with Crippen molar-refractivity contribution in [2.75, 3.05) is 0 Å². The molecule has 0 aromatic heterocycles. The van der Waals surface area contributed by atoms with Crippen molar-refractivity contribution in [3.63, 3.8) is 0 Å². The van der Waals surface area contributed by atoms with E-state index in [9.17, 15) is 44.3 Å². The lowest BCUT2D eigenvalue weighted by molar-refractivity contribution is -0.447. The standard InChI is InChI=1S/C7H5F9O3/c1-2(3(17)18)19-7(15,16)5(10,11)4(8,9)6(12,13)14/h2H,1H3,(H,17,18). The first-order valence-electron chi connectivity index (χ1n) is 4.18. The van der Waals surface area contributed by atoms with Crippen LogP contribution in [0.4, 0.5) is 39.5 Å². The number of hydrogen-bond donors (Lipinski definition) is 1. The summed E-state index contributed by atoms with van der Waals surface area (Å²) in [6.07, 6.45) is -16.1. The maximum absolute atomic E-state index is 12.6. The van der Waals surface area contributed by atoms with Crippen molar-refractivity contribution in [1.29, 1.82) is 0 Å². The van der Waals surface area contributed by atoms with E-state index in [0.717, 1.165) is 0 Å². The van der Waals surface area contributed by atoms with Gasteiger partial charge in [-0.2, -0.15) is 39.5 Å². The van der Waals surface area contributed by atoms with E-state index in [0.29, 0.717) is 0 Å². The Hall–Kier alpha value is -1.20. The molecule has 114 valence electrons. The molecule has 0 fully saturated rings. The molecule has 19 heavy (non-hydrogen) atoms. The van der Waals surface area contributed by atoms with Crippen LogP contribution in [0.3, 0.4) is 0 Å². The number of halogens is 9. The summed E-state index contributed by atoms with van der Waals surface area (Å²) in [4.78, 5) is 10.0. The minimum Gasteiger partial charge on any atom is -0.479 e. The maximum atomic E-state index is 12.6. The van der Waals surface area contributed by atoms with Gasteiger partial charge in [0.15, 0.2) is 6.10 Å². The van der Waals surface area contributed by atoms with Crippen LogP contribution < -0.4 is 0 Å². The van der Waals surface area contributed by atoms with Crippen molar-refractivity contribution in [3.8, 4) is 0 Å². The van der Waals surface area contributed by atoms with Crippen LogP contribution in [0.2, 0.25) is 0 Å². The van der Waals surface area contributed by atoms with Crippen molar-refractivity contribution >= 4 is 5.97 Å². The summed E-state index contributed by atoms with van der Waals surface area (Å²) in [5, 5.41) is 8.06. The van der Waals surface area contributed by atoms with Crippen molar-refractivity contribution in [1.82, 2.24) is 0 Å². The third-order valence-corrected chi connectivity index (χ3v) is 1.79. The lowest BCUT2D eigenvalue weighted by Gasteiger charge is -2.33. The van der Waals surface area contributed by atoms with E-state index in [4.69, 9.17) is 5.11 Å². The van der Waals surface area contributed by atoms with Gasteiger partial charge in [-0.05, 0) is 6.92 Å². The first-order valence-corrected chi connectivity index (χ1v) is 4.18. The normalized spacial score (nSPS) is 16.3. The van der Waals surface area contributed by atoms with Gasteiger partial charge in [0.2, 0.25) is 0 Å². The van der Waals surface area contributed by atoms with Gasteiger partial charge in [-0.1, -0.05) is 0 Å². The molecule has 0 heterocycles. The number of aliphatic carboxylic acids is 1. The maximum Gasteiger partial charge on any atom is 0.460 e. The fourth-order valence-corrected chi connectivity index (χ4v) is 0.707. The summed E-state index contributed by atoms with van der Waals surface area (Å²) >= 11 is 0. The topological polar surface area (TPSA) is 46.5 Å². The van der Waals surface area contributed by atoms with Crippen LogP contribution in [0.15, 0.2) is 0 Å². The van der Waals surface area contributed by atoms with E-state index in [1.54, 1.807) is 0 Å². The van der Waals surface area contributed by atoms with E-state index in [2.05, 4.69) is 4.74 Å². The van der Waals surface area contributed by atoms with E-state index in [1.807, 2.05) is 0 Å². The molecule has 0 radical (unpaired) electrons. The lowest BCUT2D eigenvalue weighted by Crippen LogP contribution is -2.62. The van der Waals surface area contributed by atoms with Crippen molar-refractivity contribution in [2.45, 2.75) is 37.2 Å². The molecule has 0 aliphatic heterocycles. The Kier molecular flexibility index (Phi) is 4.42. The summed E-state index contributed by atoms with van der Waals surface area (Å²) in [6.45, 7) is 0.248. The van der Waals surface area contributed by atoms with Gasteiger partial charge in [0.05, 0.1) is 0 Å². The van der Waals surface area contributed by atoms with Crippen molar-refractivity contribution in [3.05, 3.63) is 0 Å². The smallest absolute Gasteiger partial charge is 0.460 e. The number of hydrogen-bond acceptors (Lipinski definition) is 2. The third-order valence-electron chi connectivity index (χ3n) is 1.79. The molecule has 0 rings (SSSR count). The fourth-order valence-electron chi connectivity index (χ4n) is 0.707. The largest absolute Gasteiger partial charge is 0.479 e. The Morgan fingerprint density at radius 3 is 1.58 bits per heavy atom. The molecule has 0 spiro atoms. The minimum atomic E-state index is -7.11. The highest BCUT2D eigenvalue weighted by Crippen LogP contribution is 2.53. The van der Waals surface area contributed by atoms with Crippen LogP contribution in [0.1, 0.15) is 6.92 Å². The van der Waals surface area contributed by atoms with Gasteiger partial charge in [-0.3, -0.25) is 0 Å². The van der Waals surface area contributed by atoms with Crippen LogP contribution in [-0.4, -0.2) is 41.3 Å². The molecular weight excluding hydrogens is 303 g/mol. The molecule has 0 aromatic rings. The van der Waals surface area contributed by atoms with Crippen LogP contribution in [0.25, 0.3) is 0 Å². The minimum absolute atomic E-state index is 0.248. The van der Waals surface area contributed by atoms with Crippen LogP contribution in [-0.2, 0) is 9.53 Å². The Bertz CT molecular complexity index is 348. The average molecular weight is 308 g/mol. The zero-order chi connectivity index (χ0) is 15.9. The second kappa shape index (κ2) is 4.72. The average Bonchev–Trinajstić information content (AvgIpc) is 2.14. The van der Waals surface area contributed by atoms with Crippen LogP contribution in [0, 0.1) is 0 Å². The number of ether oxygens (including phenoxy) is 1. The Morgan fingerprint density at radius 2 is 1.32 bits per heavy atom. The summed E-state index contributed by atoms with van der Waals surface area (Å²) in [7, 11) is 0. The molecule has 0 aromatic carbocycles. The SMILES string of the molecule is CC(OC(F)(F)C(F)(F)C(F)(F)C(F)(F)F)C(=O)O. The third kappa shape index (κ3) is 3.04. The highest BCUT2D eigenvalue weighted by atomic mass is 19.4. The van der Waals surface area contributed by atoms with Gasteiger partial charge in [0, 0.05) is 0 Å². The second-order valence-electron chi connectivity index (χ2n) is 3.26. The van der Waals surface area contributed by atoms with Gasteiger partial charge in [0.25, 0.3) is 0 Å². The molecule has 12 heteroatoms. The van der Waals surface area contributed by atoms with Gasteiger partial charge < -0.3 is 9.84 Å². The van der Waals surface area contributed by atoms with E-state index < -0.39 is 36.2 Å². The summed E-state index contributed by atoms with van der Waals surface area (Å²) < 4.78 is 113. The zero-order valence-electron chi connectivity index (χ0n) is 8.74. The van der Waals surface area contributed by atoms with Gasteiger partial charge in [0.1, 0.15) is 0 Å². The van der Waals surface area contributed by atoms with E-state index >= 15 is 0 Å². The number of carboxylic acids is 1. The molecule has 0 saturated carbocycles. The van der Waals surface area contributed by atoms with Crippen molar-refractivity contribution < 1.29 is 54.2 Å². The summed E-state index contributed by atoms with van der Waals surface area (Å²) in [6, 6.07) is 0. The Balaban J connectivity index is 5.45. The molecule has 1 unspecified atom stereocenters. The molecule has 3 nitrogen and oxygen atoms in total. The number of alkyl halides is 9. The molecule has 0 aliphatic rings. The lowest BCUT2D eigenvalue weighted by atomic mass is 10.1. The molecule has 0 amide bonds. The fraction of sp³-hybridized carbons (Fsp3) is 0.857. The number of carbonyl (C=O) groups is 1. The highest BCUT2D eigenvalue weighted by molar-refractivity contribution is 5.71.